The normalized spacial score (nSPS) is 19.9. The molecule has 2 heterocycles. The number of methoxy groups -OCH3 is 1. The molecule has 1 fully saturated rings. The molecule has 1 aromatic carbocycles. The highest BCUT2D eigenvalue weighted by Gasteiger charge is 2.37. The van der Waals surface area contributed by atoms with Gasteiger partial charge in [-0.2, -0.15) is 5.09 Å². The van der Waals surface area contributed by atoms with Crippen LogP contribution in [0.3, 0.4) is 0 Å². The average Bonchev–Trinajstić information content (AvgIpc) is 3.32. The molecule has 1 aromatic heterocycles. The molecule has 4 atom stereocenters. The van der Waals surface area contributed by atoms with Gasteiger partial charge in [-0.15, -0.1) is 0 Å². The van der Waals surface area contributed by atoms with Crippen LogP contribution in [0.1, 0.15) is 38.5 Å². The number of hydrogen-bond acceptors (Lipinski definition) is 9. The topological polar surface area (TPSA) is 147 Å². The zero-order chi connectivity index (χ0) is 27.2. The summed E-state index contributed by atoms with van der Waals surface area (Å²) in [6, 6.07) is 5.15. The highest BCUT2D eigenvalue weighted by atomic mass is 35.5. The lowest BCUT2D eigenvalue weighted by molar-refractivity contribution is -0.143. The van der Waals surface area contributed by atoms with Gasteiger partial charge >= 0.3 is 19.4 Å². The lowest BCUT2D eigenvalue weighted by Crippen LogP contribution is -2.38. The molecule has 0 saturated carbocycles. The van der Waals surface area contributed by atoms with Crippen LogP contribution in [0.25, 0.3) is 0 Å². The first-order valence-corrected chi connectivity index (χ1v) is 13.6. The molecule has 1 saturated heterocycles. The Morgan fingerprint density at radius 3 is 2.62 bits per heavy atom. The van der Waals surface area contributed by atoms with E-state index in [1.165, 1.54) is 30.0 Å². The van der Waals surface area contributed by atoms with Crippen LogP contribution in [0.4, 0.5) is 0 Å². The smallest absolute Gasteiger partial charge is 0.459 e. The van der Waals surface area contributed by atoms with Crippen LogP contribution in [-0.2, 0) is 28.1 Å². The fraction of sp³-hybridized carbons (Fsp3) is 0.522. The number of hydrogen-bond donors (Lipinski definition) is 2. The van der Waals surface area contributed by atoms with Gasteiger partial charge in [-0.3, -0.25) is 23.7 Å². The Balaban J connectivity index is 1.75. The molecule has 12 nitrogen and oxygen atoms in total. The number of aromatic nitrogens is 2. The quantitative estimate of drug-likeness (QED) is 0.293. The first kappa shape index (κ1) is 29.1. The van der Waals surface area contributed by atoms with Gasteiger partial charge in [0.05, 0.1) is 13.7 Å². The largest absolute Gasteiger partial charge is 0.468 e. The van der Waals surface area contributed by atoms with E-state index in [1.54, 1.807) is 19.1 Å². The van der Waals surface area contributed by atoms with Crippen molar-refractivity contribution in [3.05, 3.63) is 61.9 Å². The number of halogens is 1. The summed E-state index contributed by atoms with van der Waals surface area (Å²) >= 11 is 5.93. The molecule has 3 rings (SSSR count). The molecule has 1 aliphatic rings. The summed E-state index contributed by atoms with van der Waals surface area (Å²) in [4.78, 5) is 38.4. The zero-order valence-electron chi connectivity index (χ0n) is 21.0. The van der Waals surface area contributed by atoms with E-state index in [4.69, 9.17) is 34.9 Å². The first-order valence-electron chi connectivity index (χ1n) is 11.6. The molecule has 14 heteroatoms. The van der Waals surface area contributed by atoms with Crippen molar-refractivity contribution in [3.8, 4) is 5.75 Å². The van der Waals surface area contributed by atoms with Gasteiger partial charge in [0, 0.05) is 16.8 Å². The minimum Gasteiger partial charge on any atom is -0.468 e. The number of H-pyrrole nitrogens is 1. The maximum atomic E-state index is 13.8. The average molecular weight is 560 g/mol. The molecular weight excluding hydrogens is 529 g/mol. The third kappa shape index (κ3) is 8.26. The molecule has 1 aliphatic heterocycles. The fourth-order valence-corrected chi connectivity index (χ4v) is 5.07. The van der Waals surface area contributed by atoms with Gasteiger partial charge in [0.25, 0.3) is 5.56 Å². The van der Waals surface area contributed by atoms with Crippen molar-refractivity contribution in [1.29, 1.82) is 0 Å². The lowest BCUT2D eigenvalue weighted by Gasteiger charge is -2.25. The van der Waals surface area contributed by atoms with Crippen molar-refractivity contribution < 1.29 is 32.6 Å². The van der Waals surface area contributed by atoms with E-state index in [0.717, 1.165) is 0 Å². The van der Waals surface area contributed by atoms with Gasteiger partial charge < -0.3 is 18.7 Å². The number of nitrogens with one attached hydrogen (secondary N) is 2. The maximum Gasteiger partial charge on any atom is 0.459 e. The summed E-state index contributed by atoms with van der Waals surface area (Å²) in [5.41, 5.74) is -0.831. The number of benzene rings is 1. The molecular formula is C23H31ClN3O9P. The lowest BCUT2D eigenvalue weighted by atomic mass is 10.0. The Hall–Kier alpha value is -2.47. The van der Waals surface area contributed by atoms with Gasteiger partial charge in [0.2, 0.25) is 0 Å². The minimum atomic E-state index is -4.18. The van der Waals surface area contributed by atoms with E-state index in [2.05, 4.69) is 10.1 Å². The Morgan fingerprint density at radius 2 is 1.97 bits per heavy atom. The standard InChI is InChI=1S/C23H31ClN3O9P/c1-14(2)5-10-18(22(29)32-4)26-37(31,36-17-8-6-16(24)7-9-17)34-13-20-33-12-19(35-20)27-11-15(3)21(28)25-23(27)30/h6-9,11,14,18-20H,5,10,12-13H2,1-4H3,(H,26,31)(H,25,28,30)/t18-,19+,20+,37?/m0/s1. The molecule has 2 N–H and O–H groups in total. The summed E-state index contributed by atoms with van der Waals surface area (Å²) in [5.74, 6) is -0.150. The van der Waals surface area contributed by atoms with E-state index in [1.807, 2.05) is 13.8 Å². The van der Waals surface area contributed by atoms with E-state index in [0.29, 0.717) is 23.4 Å². The van der Waals surface area contributed by atoms with Gasteiger partial charge in [-0.1, -0.05) is 25.4 Å². The Labute approximate surface area is 218 Å². The summed E-state index contributed by atoms with van der Waals surface area (Å²) in [7, 11) is -2.94. The van der Waals surface area contributed by atoms with Crippen LogP contribution in [0.2, 0.25) is 5.02 Å². The number of carbonyl (C=O) groups is 1. The van der Waals surface area contributed by atoms with E-state index >= 15 is 0 Å². The van der Waals surface area contributed by atoms with Crippen molar-refractivity contribution in [3.63, 3.8) is 0 Å². The second-order valence-corrected chi connectivity index (χ2v) is 11.0. The van der Waals surface area contributed by atoms with Crippen LogP contribution in [0, 0.1) is 12.8 Å². The number of carbonyl (C=O) groups excluding carboxylic acids is 1. The third-order valence-corrected chi connectivity index (χ3v) is 7.26. The second kappa shape index (κ2) is 12.9. The van der Waals surface area contributed by atoms with Gasteiger partial charge in [0.15, 0.2) is 12.5 Å². The predicted octanol–water partition coefficient (Wildman–Crippen LogP) is 3.14. The Morgan fingerprint density at radius 1 is 1.27 bits per heavy atom. The summed E-state index contributed by atoms with van der Waals surface area (Å²) in [6.07, 6.45) is 0.492. The van der Waals surface area contributed by atoms with E-state index in [9.17, 15) is 18.9 Å². The Kier molecular flexibility index (Phi) is 10.1. The number of ether oxygens (including phenoxy) is 3. The number of aryl methyl sites for hydroxylation is 1. The van der Waals surface area contributed by atoms with Crippen molar-refractivity contribution in [2.24, 2.45) is 5.92 Å². The summed E-state index contributed by atoms with van der Waals surface area (Å²) < 4.78 is 42.4. The molecule has 2 aromatic rings. The number of nitrogens with zero attached hydrogens (tertiary/aromatic N) is 1. The first-order chi connectivity index (χ1) is 17.5. The van der Waals surface area contributed by atoms with E-state index in [-0.39, 0.29) is 24.9 Å². The predicted molar refractivity (Wildman–Crippen MR) is 135 cm³/mol. The minimum absolute atomic E-state index is 0.0195. The molecule has 37 heavy (non-hydrogen) atoms. The highest BCUT2D eigenvalue weighted by molar-refractivity contribution is 7.52. The summed E-state index contributed by atoms with van der Waals surface area (Å²) in [6.45, 7) is 5.17. The van der Waals surface area contributed by atoms with Crippen LogP contribution in [-0.4, -0.2) is 48.2 Å². The molecule has 0 amide bonds. The van der Waals surface area contributed by atoms with Crippen molar-refractivity contribution in [1.82, 2.24) is 14.6 Å². The van der Waals surface area contributed by atoms with Gasteiger partial charge in [-0.05, 0) is 49.9 Å². The van der Waals surface area contributed by atoms with Gasteiger partial charge in [-0.25, -0.2) is 9.36 Å². The SMILES string of the molecule is COC(=O)[C@H](CCC(C)C)NP(=O)(OC[C@@H]1OC[C@H](n2cc(C)c(=O)[nH]c2=O)O1)Oc1ccc(Cl)cc1. The molecule has 0 bridgehead atoms. The number of rotatable bonds is 12. The second-order valence-electron chi connectivity index (χ2n) is 8.85. The van der Waals surface area contributed by atoms with Crippen LogP contribution in [0.15, 0.2) is 40.1 Å². The zero-order valence-corrected chi connectivity index (χ0v) is 22.6. The van der Waals surface area contributed by atoms with E-state index < -0.39 is 43.5 Å². The monoisotopic (exact) mass is 559 g/mol. The summed E-state index contributed by atoms with van der Waals surface area (Å²) in [5, 5.41) is 3.14. The van der Waals surface area contributed by atoms with Crippen LogP contribution in [0.5, 0.6) is 5.75 Å². The number of esters is 1. The maximum absolute atomic E-state index is 13.8. The van der Waals surface area contributed by atoms with Crippen LogP contribution < -0.4 is 20.9 Å². The highest BCUT2D eigenvalue weighted by Crippen LogP contribution is 2.46. The van der Waals surface area contributed by atoms with Crippen molar-refractivity contribution in [2.45, 2.75) is 52.2 Å². The molecule has 1 unspecified atom stereocenters. The molecule has 0 aliphatic carbocycles. The van der Waals surface area contributed by atoms with Crippen molar-refractivity contribution >= 4 is 25.3 Å². The molecule has 204 valence electrons. The Bertz CT molecular complexity index is 1230. The fourth-order valence-electron chi connectivity index (χ4n) is 3.43. The van der Waals surface area contributed by atoms with Crippen molar-refractivity contribution in [2.75, 3.05) is 20.3 Å². The number of aromatic amines is 1. The molecule has 0 spiro atoms. The molecule has 0 radical (unpaired) electrons. The van der Waals surface area contributed by atoms with Crippen LogP contribution >= 0.6 is 19.3 Å². The third-order valence-electron chi connectivity index (χ3n) is 5.44. The van der Waals surface area contributed by atoms with Gasteiger partial charge in [0.1, 0.15) is 18.4 Å².